The predicted molar refractivity (Wildman–Crippen MR) is 99.0 cm³/mol. The van der Waals surface area contributed by atoms with Crippen LogP contribution in [0.25, 0.3) is 11.0 Å². The summed E-state index contributed by atoms with van der Waals surface area (Å²) in [6.45, 7) is 1.13. The van der Waals surface area contributed by atoms with Gasteiger partial charge in [0.25, 0.3) is 5.91 Å². The number of aromatic nitrogens is 2. The molecule has 7 nitrogen and oxygen atoms in total. The highest BCUT2D eigenvalue weighted by molar-refractivity contribution is 5.97. The molecule has 1 aliphatic heterocycles. The number of carbonyl (C=O) groups is 2. The van der Waals surface area contributed by atoms with E-state index >= 15 is 0 Å². The number of nitrogens with zero attached hydrogens (tertiary/aromatic N) is 3. The van der Waals surface area contributed by atoms with E-state index < -0.39 is 6.09 Å². The lowest BCUT2D eigenvalue weighted by Crippen LogP contribution is -2.61. The first-order chi connectivity index (χ1) is 13.2. The molecule has 7 heteroatoms. The van der Waals surface area contributed by atoms with Crippen molar-refractivity contribution in [1.82, 2.24) is 20.2 Å². The van der Waals surface area contributed by atoms with Gasteiger partial charge in [-0.2, -0.15) is 0 Å². The minimum Gasteiger partial charge on any atom is -0.445 e. The summed E-state index contributed by atoms with van der Waals surface area (Å²) in [5.41, 5.74) is 2.92. The molecule has 1 aliphatic rings. The predicted octanol–water partition coefficient (Wildman–Crippen LogP) is 2.38. The van der Waals surface area contributed by atoms with Crippen molar-refractivity contribution < 1.29 is 14.3 Å². The van der Waals surface area contributed by atoms with Crippen LogP contribution in [0.2, 0.25) is 0 Å². The van der Waals surface area contributed by atoms with E-state index in [0.717, 1.165) is 11.1 Å². The SMILES string of the molecule is O=C(NC1CN(C(=O)c2ccc3nccnc3c2)C1)OCc1ccccc1. The number of amides is 2. The molecule has 0 atom stereocenters. The zero-order valence-corrected chi connectivity index (χ0v) is 14.5. The number of benzene rings is 2. The number of alkyl carbamates (subject to hydrolysis) is 1. The largest absolute Gasteiger partial charge is 0.445 e. The summed E-state index contributed by atoms with van der Waals surface area (Å²) in [5, 5.41) is 2.78. The van der Waals surface area contributed by atoms with Gasteiger partial charge in [0.1, 0.15) is 6.61 Å². The van der Waals surface area contributed by atoms with Crippen LogP contribution in [-0.4, -0.2) is 46.0 Å². The highest BCUT2D eigenvalue weighted by atomic mass is 16.5. The molecule has 0 spiro atoms. The van der Waals surface area contributed by atoms with Gasteiger partial charge in [0.15, 0.2) is 0 Å². The van der Waals surface area contributed by atoms with E-state index in [4.69, 9.17) is 4.74 Å². The Labute approximate surface area is 156 Å². The highest BCUT2D eigenvalue weighted by Crippen LogP contribution is 2.17. The first kappa shape index (κ1) is 17.0. The zero-order chi connectivity index (χ0) is 18.6. The standard InChI is InChI=1S/C20H18N4O3/c25-19(15-6-7-17-18(10-15)22-9-8-21-17)24-11-16(12-24)23-20(26)27-13-14-4-2-1-3-5-14/h1-10,16H,11-13H2,(H,23,26). The zero-order valence-electron chi connectivity index (χ0n) is 14.5. The van der Waals surface area contributed by atoms with Gasteiger partial charge in [0, 0.05) is 31.0 Å². The molecule has 1 N–H and O–H groups in total. The molecule has 2 heterocycles. The quantitative estimate of drug-likeness (QED) is 0.770. The van der Waals surface area contributed by atoms with Crippen LogP contribution in [0.1, 0.15) is 15.9 Å². The number of rotatable bonds is 4. The lowest BCUT2D eigenvalue weighted by molar-refractivity contribution is 0.0546. The Morgan fingerprint density at radius 2 is 1.78 bits per heavy atom. The molecule has 1 fully saturated rings. The summed E-state index contributed by atoms with van der Waals surface area (Å²) in [5.74, 6) is -0.0849. The number of hydrogen-bond donors (Lipinski definition) is 1. The van der Waals surface area contributed by atoms with Crippen LogP contribution < -0.4 is 5.32 Å². The number of likely N-dealkylation sites (tertiary alicyclic amines) is 1. The average molecular weight is 362 g/mol. The molecule has 136 valence electrons. The third-order valence-electron chi connectivity index (χ3n) is 4.42. The molecular formula is C20H18N4O3. The van der Waals surface area contributed by atoms with Gasteiger partial charge in [-0.15, -0.1) is 0 Å². The van der Waals surface area contributed by atoms with Crippen LogP contribution in [-0.2, 0) is 11.3 Å². The summed E-state index contributed by atoms with van der Waals surface area (Å²) < 4.78 is 5.19. The maximum atomic E-state index is 12.5. The van der Waals surface area contributed by atoms with Gasteiger partial charge in [0.2, 0.25) is 0 Å². The van der Waals surface area contributed by atoms with E-state index in [0.29, 0.717) is 24.2 Å². The van der Waals surface area contributed by atoms with E-state index in [1.165, 1.54) is 0 Å². The molecule has 2 aromatic carbocycles. The van der Waals surface area contributed by atoms with Gasteiger partial charge in [-0.25, -0.2) is 4.79 Å². The maximum absolute atomic E-state index is 12.5. The molecule has 1 saturated heterocycles. The molecule has 0 saturated carbocycles. The fourth-order valence-electron chi connectivity index (χ4n) is 2.95. The van der Waals surface area contributed by atoms with Gasteiger partial charge in [-0.05, 0) is 23.8 Å². The van der Waals surface area contributed by atoms with Crippen molar-refractivity contribution in [1.29, 1.82) is 0 Å². The van der Waals surface area contributed by atoms with Gasteiger partial charge >= 0.3 is 6.09 Å². The monoisotopic (exact) mass is 362 g/mol. The van der Waals surface area contributed by atoms with Crippen molar-refractivity contribution in [2.24, 2.45) is 0 Å². The van der Waals surface area contributed by atoms with Crippen molar-refractivity contribution in [2.45, 2.75) is 12.6 Å². The van der Waals surface area contributed by atoms with Crippen LogP contribution in [0.15, 0.2) is 60.9 Å². The van der Waals surface area contributed by atoms with E-state index in [1.54, 1.807) is 35.5 Å². The van der Waals surface area contributed by atoms with E-state index in [1.807, 2.05) is 30.3 Å². The van der Waals surface area contributed by atoms with Crippen molar-refractivity contribution in [3.05, 3.63) is 72.1 Å². The first-order valence-corrected chi connectivity index (χ1v) is 8.66. The van der Waals surface area contributed by atoms with Gasteiger partial charge in [-0.3, -0.25) is 14.8 Å². The Hall–Kier alpha value is -3.48. The number of ether oxygens (including phenoxy) is 1. The second kappa shape index (κ2) is 7.41. The summed E-state index contributed by atoms with van der Waals surface area (Å²) >= 11 is 0. The third-order valence-corrected chi connectivity index (χ3v) is 4.42. The average Bonchev–Trinajstić information content (AvgIpc) is 2.68. The molecular weight excluding hydrogens is 344 g/mol. The van der Waals surface area contributed by atoms with Gasteiger partial charge in [-0.1, -0.05) is 30.3 Å². The Bertz CT molecular complexity index is 971. The van der Waals surface area contributed by atoms with Gasteiger partial charge in [0.05, 0.1) is 17.1 Å². The molecule has 0 bridgehead atoms. The minimum absolute atomic E-state index is 0.0849. The summed E-state index contributed by atoms with van der Waals surface area (Å²) in [7, 11) is 0. The minimum atomic E-state index is -0.475. The van der Waals surface area contributed by atoms with Crippen molar-refractivity contribution >= 4 is 23.0 Å². The molecule has 4 rings (SSSR count). The number of nitrogens with one attached hydrogen (secondary N) is 1. The Kier molecular flexibility index (Phi) is 4.65. The first-order valence-electron chi connectivity index (χ1n) is 8.66. The van der Waals surface area contributed by atoms with Crippen LogP contribution in [0.5, 0.6) is 0 Å². The topological polar surface area (TPSA) is 84.4 Å². The lowest BCUT2D eigenvalue weighted by atomic mass is 10.1. The molecule has 0 radical (unpaired) electrons. The van der Waals surface area contributed by atoms with Gasteiger partial charge < -0.3 is 15.0 Å². The maximum Gasteiger partial charge on any atom is 0.407 e. The molecule has 0 aliphatic carbocycles. The molecule has 2 amide bonds. The van der Waals surface area contributed by atoms with Crippen LogP contribution in [0.4, 0.5) is 4.79 Å². The van der Waals surface area contributed by atoms with Crippen molar-refractivity contribution in [3.63, 3.8) is 0 Å². The number of carbonyl (C=O) groups excluding carboxylic acids is 2. The molecule has 1 aromatic heterocycles. The van der Waals surface area contributed by atoms with Crippen LogP contribution in [0, 0.1) is 0 Å². The van der Waals surface area contributed by atoms with E-state index in [2.05, 4.69) is 15.3 Å². The summed E-state index contributed by atoms with van der Waals surface area (Å²) in [6, 6.07) is 14.6. The van der Waals surface area contributed by atoms with E-state index in [-0.39, 0.29) is 18.6 Å². The smallest absolute Gasteiger partial charge is 0.407 e. The normalized spacial score (nSPS) is 13.9. The number of fused-ring (bicyclic) bond motifs is 1. The second-order valence-corrected chi connectivity index (χ2v) is 6.37. The fraction of sp³-hybridized carbons (Fsp3) is 0.200. The van der Waals surface area contributed by atoms with E-state index in [9.17, 15) is 9.59 Å². The third kappa shape index (κ3) is 3.87. The highest BCUT2D eigenvalue weighted by Gasteiger charge is 2.32. The summed E-state index contributed by atoms with van der Waals surface area (Å²) in [4.78, 5) is 34.5. The Balaban J connectivity index is 1.27. The fourth-order valence-corrected chi connectivity index (χ4v) is 2.95. The van der Waals surface area contributed by atoms with Crippen LogP contribution >= 0.6 is 0 Å². The number of hydrogen-bond acceptors (Lipinski definition) is 5. The lowest BCUT2D eigenvalue weighted by Gasteiger charge is -2.39. The Morgan fingerprint density at radius 1 is 1.04 bits per heavy atom. The molecule has 3 aromatic rings. The molecule has 27 heavy (non-hydrogen) atoms. The van der Waals surface area contributed by atoms with Crippen LogP contribution in [0.3, 0.4) is 0 Å². The molecule has 0 unspecified atom stereocenters. The van der Waals surface area contributed by atoms with Crippen molar-refractivity contribution in [3.8, 4) is 0 Å². The Morgan fingerprint density at radius 3 is 2.56 bits per heavy atom. The summed E-state index contributed by atoms with van der Waals surface area (Å²) in [6.07, 6.45) is 2.74. The van der Waals surface area contributed by atoms with Crippen molar-refractivity contribution in [2.75, 3.05) is 13.1 Å². The second-order valence-electron chi connectivity index (χ2n) is 6.37.